The molecule has 1 aliphatic rings. The first-order valence-corrected chi connectivity index (χ1v) is 19.3. The molecule has 7 heterocycles. The van der Waals surface area contributed by atoms with E-state index in [4.69, 9.17) is 29.7 Å². The predicted octanol–water partition coefficient (Wildman–Crippen LogP) is 11.0. The van der Waals surface area contributed by atoms with Crippen molar-refractivity contribution in [1.29, 1.82) is 0 Å². The van der Waals surface area contributed by atoms with E-state index in [1.165, 1.54) is 0 Å². The maximum atomic E-state index is 6.44. The number of fused-ring (bicyclic) bond motifs is 3. The highest BCUT2D eigenvalue weighted by atomic mass is 16.5. The number of hydrogen-bond acceptors (Lipinski definition) is 11. The highest BCUT2D eigenvalue weighted by molar-refractivity contribution is 6.08. The van der Waals surface area contributed by atoms with Gasteiger partial charge in [-0.25, -0.2) is 24.9 Å². The zero-order chi connectivity index (χ0) is 39.8. The quantitative estimate of drug-likeness (QED) is 0.153. The molecule has 0 spiro atoms. The molecule has 1 aliphatic heterocycles. The first kappa shape index (κ1) is 34.7. The second kappa shape index (κ2) is 14.7. The van der Waals surface area contributed by atoms with Crippen molar-refractivity contribution in [2.45, 2.75) is 0 Å². The van der Waals surface area contributed by atoms with Crippen molar-refractivity contribution in [2.24, 2.45) is 0 Å². The summed E-state index contributed by atoms with van der Waals surface area (Å²) in [6.07, 6.45) is 10.5. The van der Waals surface area contributed by atoms with Crippen molar-refractivity contribution in [3.63, 3.8) is 0 Å². The van der Waals surface area contributed by atoms with Crippen molar-refractivity contribution in [2.75, 3.05) is 4.90 Å². The van der Waals surface area contributed by atoms with Gasteiger partial charge in [0.1, 0.15) is 11.4 Å². The van der Waals surface area contributed by atoms with E-state index in [0.717, 1.165) is 61.6 Å². The molecule has 0 saturated carbocycles. The van der Waals surface area contributed by atoms with Crippen molar-refractivity contribution in [1.82, 2.24) is 44.9 Å². The molecule has 0 N–H and O–H groups in total. The third-order valence-corrected chi connectivity index (χ3v) is 10.2. The molecule has 4 aromatic carbocycles. The monoisotopic (exact) mass is 774 g/mol. The lowest BCUT2D eigenvalue weighted by Crippen LogP contribution is -2.16. The molecule has 0 atom stereocenters. The molecular weight excluding hydrogens is 745 g/mol. The first-order valence-electron chi connectivity index (χ1n) is 19.3. The Morgan fingerprint density at radius 3 is 1.60 bits per heavy atom. The van der Waals surface area contributed by atoms with Crippen LogP contribution in [0.1, 0.15) is 0 Å². The molecule has 11 nitrogen and oxygen atoms in total. The van der Waals surface area contributed by atoms with Gasteiger partial charge in [0.05, 0.1) is 28.5 Å². The SMILES string of the molecule is c1ccc(-c2nc(-c3cccnc3)cc(-c3cc(-c4nc(-c5cccnc5)nc(-c5ccccn5)n4)c4cccc(N5c6ccccc6Oc6ccccc65)c4c3)n2)nc1. The minimum absolute atomic E-state index is 0.434. The second-order valence-electron chi connectivity index (χ2n) is 14.0. The van der Waals surface area contributed by atoms with Crippen molar-refractivity contribution in [3.05, 3.63) is 183 Å². The molecule has 0 aliphatic carbocycles. The Bertz CT molecular complexity index is 3030. The fourth-order valence-corrected chi connectivity index (χ4v) is 7.46. The van der Waals surface area contributed by atoms with Crippen LogP contribution in [0.4, 0.5) is 17.1 Å². The standard InChI is InChI=1S/C49H30N10O/c1-3-20-44-42(17-1)59(43-18-2-4-21-45(43)60-44)41-19-9-14-34-35(41)26-33(40-28-39(31-12-10-22-50-29-31)54-48(55-40)37-15-5-7-24-52-37)27-36(34)47-56-46(32-13-11-23-51-30-32)57-49(58-47)38-16-6-8-25-53-38/h1-30H. The number of aromatic nitrogens is 9. The van der Waals surface area contributed by atoms with Crippen LogP contribution >= 0.6 is 0 Å². The lowest BCUT2D eigenvalue weighted by molar-refractivity contribution is 0.477. The maximum Gasteiger partial charge on any atom is 0.182 e. The van der Waals surface area contributed by atoms with Gasteiger partial charge in [-0.1, -0.05) is 48.5 Å². The number of nitrogens with zero attached hydrogens (tertiary/aromatic N) is 10. The van der Waals surface area contributed by atoms with Crippen molar-refractivity contribution in [3.8, 4) is 79.8 Å². The minimum atomic E-state index is 0.434. The molecule has 0 bridgehead atoms. The number of ether oxygens (including phenoxy) is 1. The van der Waals surface area contributed by atoms with Crippen LogP contribution in [0.2, 0.25) is 0 Å². The molecule has 10 aromatic rings. The van der Waals surface area contributed by atoms with Gasteiger partial charge in [-0.15, -0.1) is 0 Å². The summed E-state index contributed by atoms with van der Waals surface area (Å²) >= 11 is 0. The van der Waals surface area contributed by atoms with Gasteiger partial charge in [0.15, 0.2) is 34.8 Å². The van der Waals surface area contributed by atoms with Crippen LogP contribution < -0.4 is 9.64 Å². The summed E-state index contributed by atoms with van der Waals surface area (Å²) in [6.45, 7) is 0. The summed E-state index contributed by atoms with van der Waals surface area (Å²) < 4.78 is 6.44. The Labute approximate surface area is 343 Å². The summed E-state index contributed by atoms with van der Waals surface area (Å²) in [5.41, 5.74) is 8.56. The fourth-order valence-electron chi connectivity index (χ4n) is 7.46. The smallest absolute Gasteiger partial charge is 0.182 e. The molecule has 6 aromatic heterocycles. The summed E-state index contributed by atoms with van der Waals surface area (Å²) in [7, 11) is 0. The van der Waals surface area contributed by atoms with E-state index in [1.54, 1.807) is 37.2 Å². The number of benzene rings is 4. The van der Waals surface area contributed by atoms with Gasteiger partial charge in [-0.2, -0.15) is 0 Å². The molecule has 60 heavy (non-hydrogen) atoms. The molecule has 0 radical (unpaired) electrons. The van der Waals surface area contributed by atoms with Gasteiger partial charge in [0.2, 0.25) is 0 Å². The number of pyridine rings is 4. The third kappa shape index (κ3) is 6.32. The predicted molar refractivity (Wildman–Crippen MR) is 231 cm³/mol. The largest absolute Gasteiger partial charge is 0.453 e. The Kier molecular flexibility index (Phi) is 8.51. The summed E-state index contributed by atoms with van der Waals surface area (Å²) in [5.74, 6) is 3.35. The number of para-hydroxylation sites is 4. The van der Waals surface area contributed by atoms with Gasteiger partial charge >= 0.3 is 0 Å². The van der Waals surface area contributed by atoms with E-state index >= 15 is 0 Å². The highest BCUT2D eigenvalue weighted by Crippen LogP contribution is 2.52. The number of rotatable bonds is 7. The van der Waals surface area contributed by atoms with Crippen molar-refractivity contribution >= 4 is 27.8 Å². The van der Waals surface area contributed by atoms with E-state index in [-0.39, 0.29) is 0 Å². The molecule has 11 rings (SSSR count). The van der Waals surface area contributed by atoms with E-state index < -0.39 is 0 Å². The third-order valence-electron chi connectivity index (χ3n) is 10.2. The molecule has 0 fully saturated rings. The van der Waals surface area contributed by atoms with Crippen LogP contribution in [0.3, 0.4) is 0 Å². The van der Waals surface area contributed by atoms with Crippen LogP contribution in [0.15, 0.2) is 183 Å². The Hall–Kier alpha value is -8.57. The van der Waals surface area contributed by atoms with E-state index in [0.29, 0.717) is 46.1 Å². The maximum absolute atomic E-state index is 6.44. The van der Waals surface area contributed by atoms with E-state index in [2.05, 4.69) is 67.3 Å². The second-order valence-corrected chi connectivity index (χ2v) is 14.0. The summed E-state index contributed by atoms with van der Waals surface area (Å²) in [4.78, 5) is 45.7. The highest BCUT2D eigenvalue weighted by Gasteiger charge is 2.28. The van der Waals surface area contributed by atoms with Gasteiger partial charge in [0.25, 0.3) is 0 Å². The van der Waals surface area contributed by atoms with Crippen LogP contribution in [-0.2, 0) is 0 Å². The first-order chi connectivity index (χ1) is 29.7. The molecule has 0 saturated heterocycles. The topological polar surface area (TPSA) is 128 Å². The minimum Gasteiger partial charge on any atom is -0.453 e. The summed E-state index contributed by atoms with van der Waals surface area (Å²) in [6, 6.07) is 47.8. The molecule has 0 amide bonds. The molecule has 282 valence electrons. The zero-order valence-electron chi connectivity index (χ0n) is 31.7. The van der Waals surface area contributed by atoms with Gasteiger partial charge in [0, 0.05) is 64.8 Å². The van der Waals surface area contributed by atoms with Gasteiger partial charge in [-0.05, 0) is 102 Å². The number of hydrogen-bond donors (Lipinski definition) is 0. The molecular formula is C49H30N10O. The fraction of sp³-hybridized carbons (Fsp3) is 0. The van der Waals surface area contributed by atoms with Crippen LogP contribution in [0.5, 0.6) is 11.5 Å². The Morgan fingerprint density at radius 2 is 0.950 bits per heavy atom. The average Bonchev–Trinajstić information content (AvgIpc) is 3.33. The number of anilines is 3. The van der Waals surface area contributed by atoms with Crippen LogP contribution in [0.25, 0.3) is 79.1 Å². The molecule has 0 unspecified atom stereocenters. The van der Waals surface area contributed by atoms with Gasteiger partial charge < -0.3 is 9.64 Å². The molecule has 11 heteroatoms. The van der Waals surface area contributed by atoms with Crippen LogP contribution in [0, 0.1) is 0 Å². The van der Waals surface area contributed by atoms with Crippen LogP contribution in [-0.4, -0.2) is 44.9 Å². The van der Waals surface area contributed by atoms with E-state index in [1.807, 2.05) is 103 Å². The normalized spacial score (nSPS) is 11.8. The summed E-state index contributed by atoms with van der Waals surface area (Å²) in [5, 5.41) is 1.85. The lowest BCUT2D eigenvalue weighted by Gasteiger charge is -2.33. The Balaban J connectivity index is 1.22. The lowest BCUT2D eigenvalue weighted by atomic mass is 9.95. The van der Waals surface area contributed by atoms with Gasteiger partial charge in [-0.3, -0.25) is 19.9 Å². The zero-order valence-corrected chi connectivity index (χ0v) is 31.7. The Morgan fingerprint density at radius 1 is 0.367 bits per heavy atom. The average molecular weight is 775 g/mol. The van der Waals surface area contributed by atoms with E-state index in [9.17, 15) is 0 Å². The van der Waals surface area contributed by atoms with Crippen molar-refractivity contribution < 1.29 is 4.74 Å².